The molecule has 6 heteroatoms. The predicted molar refractivity (Wildman–Crippen MR) is 305 cm³/mol. The van der Waals surface area contributed by atoms with E-state index in [4.69, 9.17) is 0 Å². The lowest BCUT2D eigenvalue weighted by Crippen LogP contribution is -2.35. The Labute approximate surface area is 411 Å². The summed E-state index contributed by atoms with van der Waals surface area (Å²) in [7, 11) is 0.848. The molecule has 0 unspecified atom stereocenters. The van der Waals surface area contributed by atoms with E-state index in [0.717, 1.165) is 18.7 Å². The molecule has 1 N–H and O–H groups in total. The number of fused-ring (bicyclic) bond motifs is 14. The van der Waals surface area contributed by atoms with Gasteiger partial charge in [-0.05, 0) is 121 Å². The maximum absolute atomic E-state index is 4.08. The van der Waals surface area contributed by atoms with Gasteiger partial charge in [-0.15, -0.1) is 34.0 Å². The fraction of sp³-hybridized carbons (Fsp3) is 0.194. The number of aromatic nitrogens is 1. The molecule has 0 aliphatic carbocycles. The number of thiophene rings is 3. The van der Waals surface area contributed by atoms with Crippen molar-refractivity contribution in [2.45, 2.75) is 78.6 Å². The normalized spacial score (nSPS) is 13.2. The molecule has 0 fully saturated rings. The third-order valence-electron chi connectivity index (χ3n) is 14.7. The lowest BCUT2D eigenvalue weighted by atomic mass is 9.62. The molecule has 4 aromatic heterocycles. The van der Waals surface area contributed by atoms with Crippen molar-refractivity contribution in [3.05, 3.63) is 162 Å². The van der Waals surface area contributed by atoms with Crippen LogP contribution in [0.1, 0.15) is 79.0 Å². The molecule has 12 aromatic rings. The Hall–Kier alpha value is -6.18. The van der Waals surface area contributed by atoms with E-state index in [-0.39, 0.29) is 16.2 Å². The van der Waals surface area contributed by atoms with E-state index in [2.05, 4.69) is 218 Å². The number of benzene rings is 8. The van der Waals surface area contributed by atoms with Crippen LogP contribution in [0.3, 0.4) is 0 Å². The van der Waals surface area contributed by atoms with Crippen molar-refractivity contribution in [1.29, 1.82) is 0 Å². The van der Waals surface area contributed by atoms with Crippen molar-refractivity contribution in [3.8, 4) is 27.9 Å². The third-order valence-corrected chi connectivity index (χ3v) is 18.1. The number of nitrogens with one attached hydrogen (secondary N) is 1. The lowest BCUT2D eigenvalue weighted by molar-refractivity contribution is 0.590. The minimum absolute atomic E-state index is 0.00626. The SMILES string of the molecule is CC(C)(C)c1ccc(Nc2cc3sc4cc(C(C)(C)C)ccc4c3cc2-c2c3c4c(c5cc(C(C)(C)C)ccc5n4-c4c(sc5ccc(-c6ccccc6)cc45)B3)c3sc4ccccc4c23)cc1. The third kappa shape index (κ3) is 6.40. The minimum atomic E-state index is -0.00626. The molecular formula is C62H53BN2S3. The maximum atomic E-state index is 4.08. The van der Waals surface area contributed by atoms with Gasteiger partial charge in [0.1, 0.15) is 0 Å². The summed E-state index contributed by atoms with van der Waals surface area (Å²) in [6.07, 6.45) is 0. The molecule has 0 saturated carbocycles. The van der Waals surface area contributed by atoms with Crippen molar-refractivity contribution in [1.82, 2.24) is 4.57 Å². The zero-order chi connectivity index (χ0) is 46.6. The second-order valence-electron chi connectivity index (χ2n) is 22.2. The monoisotopic (exact) mass is 932 g/mol. The fourth-order valence-corrected chi connectivity index (χ4v) is 14.6. The molecule has 0 amide bonds. The van der Waals surface area contributed by atoms with Gasteiger partial charge >= 0.3 is 0 Å². The predicted octanol–water partition coefficient (Wildman–Crippen LogP) is 17.4. The van der Waals surface area contributed by atoms with Gasteiger partial charge in [0.2, 0.25) is 7.28 Å². The first-order valence-electron chi connectivity index (χ1n) is 24.0. The second-order valence-corrected chi connectivity index (χ2v) is 25.5. The zero-order valence-electron chi connectivity index (χ0n) is 40.2. The Kier molecular flexibility index (Phi) is 9.05. The molecule has 0 saturated heterocycles. The lowest BCUT2D eigenvalue weighted by Gasteiger charge is -2.24. The molecule has 0 spiro atoms. The van der Waals surface area contributed by atoms with Crippen LogP contribution >= 0.6 is 34.0 Å². The molecule has 1 aliphatic rings. The average molecular weight is 933 g/mol. The summed E-state index contributed by atoms with van der Waals surface area (Å²) >= 11 is 5.86. The number of rotatable bonds is 4. The summed E-state index contributed by atoms with van der Waals surface area (Å²) in [5.74, 6) is 0. The van der Waals surface area contributed by atoms with E-state index in [1.54, 1.807) is 0 Å². The highest BCUT2D eigenvalue weighted by molar-refractivity contribution is 7.30. The summed E-state index contributed by atoms with van der Waals surface area (Å²) in [4.78, 5) is 0. The van der Waals surface area contributed by atoms with Crippen LogP contribution in [-0.4, -0.2) is 11.8 Å². The molecular weight excluding hydrogens is 880 g/mol. The number of hydrogen-bond acceptors (Lipinski definition) is 4. The van der Waals surface area contributed by atoms with Gasteiger partial charge in [0.15, 0.2) is 0 Å². The highest BCUT2D eigenvalue weighted by atomic mass is 32.1. The molecule has 0 radical (unpaired) electrons. The Bertz CT molecular complexity index is 4060. The molecule has 5 heterocycles. The number of anilines is 2. The van der Waals surface area contributed by atoms with Gasteiger partial charge in [0, 0.05) is 78.1 Å². The van der Waals surface area contributed by atoms with Gasteiger partial charge in [0.25, 0.3) is 0 Å². The first-order valence-corrected chi connectivity index (χ1v) is 26.5. The first-order chi connectivity index (χ1) is 32.6. The van der Waals surface area contributed by atoms with Gasteiger partial charge < -0.3 is 9.88 Å². The van der Waals surface area contributed by atoms with Crippen molar-refractivity contribution < 1.29 is 0 Å². The van der Waals surface area contributed by atoms with Crippen molar-refractivity contribution in [2.75, 3.05) is 5.32 Å². The summed E-state index contributed by atoms with van der Waals surface area (Å²) in [6.45, 7) is 20.9. The molecule has 68 heavy (non-hydrogen) atoms. The quantitative estimate of drug-likeness (QED) is 0.174. The number of hydrogen-bond donors (Lipinski definition) is 1. The van der Waals surface area contributed by atoms with E-state index in [1.165, 1.54) is 127 Å². The fourth-order valence-electron chi connectivity index (χ4n) is 11.0. The number of nitrogens with zero attached hydrogens (tertiary/aromatic N) is 1. The molecule has 1 aliphatic heterocycles. The van der Waals surface area contributed by atoms with E-state index in [1.807, 2.05) is 34.0 Å². The van der Waals surface area contributed by atoms with Gasteiger partial charge in [0.05, 0.1) is 16.7 Å². The molecule has 8 aromatic carbocycles. The van der Waals surface area contributed by atoms with Crippen LogP contribution in [-0.2, 0) is 16.2 Å². The maximum Gasteiger partial charge on any atom is 0.211 e. The highest BCUT2D eigenvalue weighted by Gasteiger charge is 2.34. The van der Waals surface area contributed by atoms with Gasteiger partial charge in [-0.2, -0.15) is 0 Å². The van der Waals surface area contributed by atoms with E-state index >= 15 is 0 Å². The average Bonchev–Trinajstić information content (AvgIpc) is 4.07. The van der Waals surface area contributed by atoms with Crippen LogP contribution in [0.2, 0.25) is 0 Å². The van der Waals surface area contributed by atoms with Crippen molar-refractivity contribution in [2.24, 2.45) is 0 Å². The minimum Gasteiger partial charge on any atom is -0.355 e. The molecule has 0 atom stereocenters. The largest absolute Gasteiger partial charge is 0.355 e. The Morgan fingerprint density at radius 1 is 0.471 bits per heavy atom. The Balaban J connectivity index is 1.18. The first kappa shape index (κ1) is 42.0. The smallest absolute Gasteiger partial charge is 0.211 e. The summed E-state index contributed by atoms with van der Waals surface area (Å²) < 4.78 is 10.8. The standard InChI is InChI=1S/C62H53BN2S3/c1-60(2,3)36-20-24-39(25-21-36)64-46-33-51-42(40-26-22-38(62(7,8)9)31-50(40)66-51)32-43(46)52-53-41-17-13-14-18-48(41)67-58(53)54-44-30-37(61(4,5)6)23-27-47(44)65-56-45-29-35(34-15-11-10-12-16-34)19-28-49(45)68-59(56)63-55(52)57(54)65/h10-33,63-64H,1-9H3. The second kappa shape index (κ2) is 14.7. The van der Waals surface area contributed by atoms with Crippen molar-refractivity contribution in [3.63, 3.8) is 0 Å². The van der Waals surface area contributed by atoms with Crippen LogP contribution in [0.15, 0.2) is 146 Å². The van der Waals surface area contributed by atoms with Crippen LogP contribution in [0.25, 0.3) is 100 Å². The Morgan fingerprint density at radius 3 is 1.91 bits per heavy atom. The summed E-state index contributed by atoms with van der Waals surface area (Å²) in [5, 5.41) is 13.5. The zero-order valence-corrected chi connectivity index (χ0v) is 42.7. The van der Waals surface area contributed by atoms with Gasteiger partial charge in [-0.1, -0.05) is 147 Å². The summed E-state index contributed by atoms with van der Waals surface area (Å²) in [6, 6.07) is 55.9. The highest BCUT2D eigenvalue weighted by Crippen LogP contribution is 2.52. The van der Waals surface area contributed by atoms with Gasteiger partial charge in [-0.3, -0.25) is 0 Å². The molecule has 2 nitrogen and oxygen atoms in total. The van der Waals surface area contributed by atoms with Crippen LogP contribution in [0.4, 0.5) is 11.4 Å². The van der Waals surface area contributed by atoms with E-state index in [9.17, 15) is 0 Å². The molecule has 0 bridgehead atoms. The van der Waals surface area contributed by atoms with Crippen LogP contribution in [0, 0.1) is 0 Å². The van der Waals surface area contributed by atoms with Gasteiger partial charge in [-0.25, -0.2) is 0 Å². The van der Waals surface area contributed by atoms with Crippen molar-refractivity contribution >= 4 is 135 Å². The topological polar surface area (TPSA) is 17.0 Å². The van der Waals surface area contributed by atoms with Crippen LogP contribution in [0.5, 0.6) is 0 Å². The molecule has 13 rings (SSSR count). The van der Waals surface area contributed by atoms with E-state index < -0.39 is 0 Å². The molecule has 332 valence electrons. The Morgan fingerprint density at radius 2 is 1.15 bits per heavy atom. The van der Waals surface area contributed by atoms with Crippen LogP contribution < -0.4 is 15.6 Å². The summed E-state index contributed by atoms with van der Waals surface area (Å²) in [5.41, 5.74) is 16.9. The van der Waals surface area contributed by atoms with E-state index in [0.29, 0.717) is 0 Å².